The lowest BCUT2D eigenvalue weighted by atomic mass is 9.99. The summed E-state index contributed by atoms with van der Waals surface area (Å²) in [4.78, 5) is 11.9. The molecule has 0 saturated carbocycles. The van der Waals surface area contributed by atoms with Crippen molar-refractivity contribution in [1.29, 1.82) is 0 Å². The number of benzene rings is 1. The van der Waals surface area contributed by atoms with Gasteiger partial charge in [-0.05, 0) is 31.4 Å². The maximum Gasteiger partial charge on any atom is 0.224 e. The van der Waals surface area contributed by atoms with E-state index >= 15 is 0 Å². The third-order valence-electron chi connectivity index (χ3n) is 3.83. The number of amides is 1. The second kappa shape index (κ2) is 9.90. The molecule has 5 nitrogen and oxygen atoms in total. The van der Waals surface area contributed by atoms with Gasteiger partial charge in [0.25, 0.3) is 0 Å². The molecule has 130 valence electrons. The van der Waals surface area contributed by atoms with E-state index in [9.17, 15) is 13.2 Å². The maximum absolute atomic E-state index is 12.0. The van der Waals surface area contributed by atoms with Crippen molar-refractivity contribution in [2.75, 3.05) is 25.4 Å². The molecule has 2 N–H and O–H groups in total. The summed E-state index contributed by atoms with van der Waals surface area (Å²) >= 11 is 0. The molecular formula is C16H25ClN2O3S. The van der Waals surface area contributed by atoms with Gasteiger partial charge in [-0.2, -0.15) is 0 Å². The standard InChI is InChI=1S/C16H24N2O3S.ClH/c19-16(15-8-4-9-17-12-15)18-10-5-11-22(20,21)13-14-6-2-1-3-7-14;/h1-3,6-7,15,17H,4-5,8-13H2,(H,18,19);1H. The Bertz CT molecular complexity index is 572. The summed E-state index contributed by atoms with van der Waals surface area (Å²) in [6.45, 7) is 2.11. The van der Waals surface area contributed by atoms with E-state index in [0.29, 0.717) is 13.0 Å². The first-order chi connectivity index (χ1) is 10.6. The van der Waals surface area contributed by atoms with E-state index in [1.54, 1.807) is 0 Å². The number of halogens is 1. The zero-order chi connectivity index (χ0) is 15.8. The van der Waals surface area contributed by atoms with Crippen LogP contribution in [0, 0.1) is 5.92 Å². The molecule has 23 heavy (non-hydrogen) atoms. The predicted molar refractivity (Wildman–Crippen MR) is 94.4 cm³/mol. The number of sulfone groups is 1. The Kier molecular flexibility index (Phi) is 8.58. The third kappa shape index (κ3) is 7.33. The van der Waals surface area contributed by atoms with Crippen LogP contribution in [0.15, 0.2) is 30.3 Å². The highest BCUT2D eigenvalue weighted by Crippen LogP contribution is 2.10. The molecule has 0 aliphatic carbocycles. The van der Waals surface area contributed by atoms with Crippen LogP contribution in [0.2, 0.25) is 0 Å². The minimum Gasteiger partial charge on any atom is -0.356 e. The molecule has 1 aliphatic rings. The van der Waals surface area contributed by atoms with Crippen LogP contribution in [-0.2, 0) is 20.4 Å². The van der Waals surface area contributed by atoms with Crippen LogP contribution in [-0.4, -0.2) is 39.7 Å². The van der Waals surface area contributed by atoms with Gasteiger partial charge in [0.1, 0.15) is 0 Å². The molecule has 1 fully saturated rings. The van der Waals surface area contributed by atoms with Gasteiger partial charge in [-0.1, -0.05) is 30.3 Å². The summed E-state index contributed by atoms with van der Waals surface area (Å²) in [5.74, 6) is 0.224. The second-order valence-electron chi connectivity index (χ2n) is 5.77. The Morgan fingerprint density at radius 3 is 2.65 bits per heavy atom. The number of carbonyl (C=O) groups is 1. The second-order valence-corrected chi connectivity index (χ2v) is 7.95. The number of hydrogen-bond donors (Lipinski definition) is 2. The van der Waals surface area contributed by atoms with Gasteiger partial charge in [0.05, 0.1) is 17.4 Å². The fourth-order valence-electron chi connectivity index (χ4n) is 2.62. The van der Waals surface area contributed by atoms with Gasteiger partial charge in [-0.3, -0.25) is 4.79 Å². The molecule has 1 saturated heterocycles. The first kappa shape index (κ1) is 19.9. The average Bonchev–Trinajstić information content (AvgIpc) is 2.53. The van der Waals surface area contributed by atoms with Gasteiger partial charge in [0.2, 0.25) is 5.91 Å². The summed E-state index contributed by atoms with van der Waals surface area (Å²) in [5, 5.41) is 6.05. The van der Waals surface area contributed by atoms with Crippen LogP contribution >= 0.6 is 12.4 Å². The summed E-state index contributed by atoms with van der Waals surface area (Å²) in [6.07, 6.45) is 2.38. The van der Waals surface area contributed by atoms with E-state index in [-0.39, 0.29) is 35.7 Å². The molecule has 0 aromatic heterocycles. The predicted octanol–water partition coefficient (Wildman–Crippen LogP) is 1.53. The minimum absolute atomic E-state index is 0. The number of carbonyl (C=O) groups excluding carboxylic acids is 1. The average molecular weight is 361 g/mol. The molecule has 1 atom stereocenters. The Morgan fingerprint density at radius 1 is 1.26 bits per heavy atom. The molecule has 7 heteroatoms. The molecule has 1 amide bonds. The fourth-order valence-corrected chi connectivity index (χ4v) is 4.05. The molecule has 1 heterocycles. The summed E-state index contributed by atoms with van der Waals surface area (Å²) in [7, 11) is -3.12. The van der Waals surface area contributed by atoms with Crippen LogP contribution in [0.25, 0.3) is 0 Å². The molecule has 0 bridgehead atoms. The van der Waals surface area contributed by atoms with Crippen molar-refractivity contribution in [1.82, 2.24) is 10.6 Å². The van der Waals surface area contributed by atoms with Crippen LogP contribution in [0.5, 0.6) is 0 Å². The van der Waals surface area contributed by atoms with Crippen molar-refractivity contribution in [3.63, 3.8) is 0 Å². The third-order valence-corrected chi connectivity index (χ3v) is 5.51. The van der Waals surface area contributed by atoms with Crippen molar-refractivity contribution < 1.29 is 13.2 Å². The summed E-state index contributed by atoms with van der Waals surface area (Å²) in [5.41, 5.74) is 0.805. The van der Waals surface area contributed by atoms with Gasteiger partial charge in [-0.25, -0.2) is 8.42 Å². The van der Waals surface area contributed by atoms with E-state index < -0.39 is 9.84 Å². The lowest BCUT2D eigenvalue weighted by Gasteiger charge is -2.21. The number of piperidine rings is 1. The number of hydrogen-bond acceptors (Lipinski definition) is 4. The Morgan fingerprint density at radius 2 is 2.00 bits per heavy atom. The molecule has 1 unspecified atom stereocenters. The highest BCUT2D eigenvalue weighted by molar-refractivity contribution is 7.90. The smallest absolute Gasteiger partial charge is 0.224 e. The number of rotatable bonds is 7. The monoisotopic (exact) mass is 360 g/mol. The normalized spacial score (nSPS) is 18.0. The molecule has 2 rings (SSSR count). The first-order valence-corrected chi connectivity index (χ1v) is 9.62. The van der Waals surface area contributed by atoms with E-state index in [1.165, 1.54) is 0 Å². The Labute approximate surface area is 144 Å². The summed E-state index contributed by atoms with van der Waals surface area (Å²) in [6, 6.07) is 9.17. The fraction of sp³-hybridized carbons (Fsp3) is 0.562. The lowest BCUT2D eigenvalue weighted by molar-refractivity contribution is -0.125. The highest BCUT2D eigenvalue weighted by atomic mass is 35.5. The van der Waals surface area contributed by atoms with Gasteiger partial charge < -0.3 is 10.6 Å². The SMILES string of the molecule is Cl.O=C(NCCCS(=O)(=O)Cc1ccccc1)C1CCCNC1. The van der Waals surface area contributed by atoms with E-state index in [0.717, 1.165) is 31.5 Å². The minimum atomic E-state index is -3.12. The maximum atomic E-state index is 12.0. The molecule has 0 spiro atoms. The van der Waals surface area contributed by atoms with E-state index in [1.807, 2.05) is 30.3 Å². The van der Waals surface area contributed by atoms with Gasteiger partial charge in [0, 0.05) is 13.1 Å². The van der Waals surface area contributed by atoms with Crippen molar-refractivity contribution in [2.45, 2.75) is 25.0 Å². The first-order valence-electron chi connectivity index (χ1n) is 7.79. The molecule has 1 aliphatic heterocycles. The summed E-state index contributed by atoms with van der Waals surface area (Å²) < 4.78 is 24.0. The van der Waals surface area contributed by atoms with E-state index in [4.69, 9.17) is 0 Å². The zero-order valence-corrected chi connectivity index (χ0v) is 14.8. The van der Waals surface area contributed by atoms with Crippen LogP contribution in [0.4, 0.5) is 0 Å². The number of nitrogens with one attached hydrogen (secondary N) is 2. The Balaban J connectivity index is 0.00000264. The molecular weight excluding hydrogens is 336 g/mol. The van der Waals surface area contributed by atoms with Gasteiger partial charge in [-0.15, -0.1) is 12.4 Å². The topological polar surface area (TPSA) is 75.3 Å². The lowest BCUT2D eigenvalue weighted by Crippen LogP contribution is -2.41. The van der Waals surface area contributed by atoms with Crippen molar-refractivity contribution in [3.8, 4) is 0 Å². The zero-order valence-electron chi connectivity index (χ0n) is 13.2. The van der Waals surface area contributed by atoms with Crippen LogP contribution in [0.3, 0.4) is 0 Å². The van der Waals surface area contributed by atoms with Crippen molar-refractivity contribution in [3.05, 3.63) is 35.9 Å². The van der Waals surface area contributed by atoms with Crippen molar-refractivity contribution >= 4 is 28.2 Å². The van der Waals surface area contributed by atoms with Crippen molar-refractivity contribution in [2.24, 2.45) is 5.92 Å². The highest BCUT2D eigenvalue weighted by Gasteiger charge is 2.20. The molecule has 1 aromatic rings. The van der Waals surface area contributed by atoms with E-state index in [2.05, 4.69) is 10.6 Å². The molecule has 0 radical (unpaired) electrons. The molecule has 1 aromatic carbocycles. The largest absolute Gasteiger partial charge is 0.356 e. The van der Waals surface area contributed by atoms with Gasteiger partial charge in [0.15, 0.2) is 9.84 Å². The Hall–Kier alpha value is -1.11. The van der Waals surface area contributed by atoms with Gasteiger partial charge >= 0.3 is 0 Å². The quantitative estimate of drug-likeness (QED) is 0.723. The van der Waals surface area contributed by atoms with Crippen LogP contribution < -0.4 is 10.6 Å². The van der Waals surface area contributed by atoms with Crippen LogP contribution in [0.1, 0.15) is 24.8 Å².